The van der Waals surface area contributed by atoms with Gasteiger partial charge in [0.05, 0.1) is 0 Å². The van der Waals surface area contributed by atoms with Crippen molar-refractivity contribution >= 4 is 12.1 Å². The van der Waals surface area contributed by atoms with Crippen LogP contribution in [0.15, 0.2) is 30.3 Å². The van der Waals surface area contributed by atoms with E-state index in [0.29, 0.717) is 17.6 Å². The third kappa shape index (κ3) is 5.01. The first-order valence-corrected chi connectivity index (χ1v) is 9.70. The average Bonchev–Trinajstić information content (AvgIpc) is 2.80. The van der Waals surface area contributed by atoms with Crippen molar-refractivity contribution in [1.29, 1.82) is 0 Å². The smallest absolute Gasteiger partial charge is 0.408 e. The van der Waals surface area contributed by atoms with E-state index in [2.05, 4.69) is 17.3 Å². The fourth-order valence-corrected chi connectivity index (χ4v) is 4.04. The Labute approximate surface area is 161 Å². The number of carbonyl (C=O) groups is 2. The quantitative estimate of drug-likeness (QED) is 0.818. The first kappa shape index (κ1) is 19.7. The highest BCUT2D eigenvalue weighted by Gasteiger charge is 2.40. The maximum absolute atomic E-state index is 12.9. The van der Waals surface area contributed by atoms with Gasteiger partial charge in [0.25, 0.3) is 0 Å². The molecule has 0 aliphatic carbocycles. The van der Waals surface area contributed by atoms with Crippen LogP contribution < -0.4 is 5.32 Å². The molecule has 2 fully saturated rings. The van der Waals surface area contributed by atoms with Gasteiger partial charge in [-0.3, -0.25) is 0 Å². The number of hydrogen-bond donors (Lipinski definition) is 1. The summed E-state index contributed by atoms with van der Waals surface area (Å²) in [6.45, 7) is 5.37. The van der Waals surface area contributed by atoms with Crippen LogP contribution in [0.5, 0.6) is 0 Å². The maximum Gasteiger partial charge on any atom is 0.408 e. The van der Waals surface area contributed by atoms with Crippen LogP contribution in [0.4, 0.5) is 4.79 Å². The first-order valence-electron chi connectivity index (χ1n) is 9.70. The van der Waals surface area contributed by atoms with Crippen molar-refractivity contribution in [3.8, 4) is 0 Å². The van der Waals surface area contributed by atoms with Gasteiger partial charge in [0, 0.05) is 12.1 Å². The molecule has 2 aliphatic rings. The number of carbonyl (C=O) groups excluding carboxylic acids is 2. The van der Waals surface area contributed by atoms with E-state index in [9.17, 15) is 9.59 Å². The zero-order valence-corrected chi connectivity index (χ0v) is 16.6. The summed E-state index contributed by atoms with van der Waals surface area (Å²) in [6.07, 6.45) is 3.30. The molecule has 0 aromatic heterocycles. The van der Waals surface area contributed by atoms with Crippen LogP contribution in [0.1, 0.15) is 58.1 Å². The molecule has 6 nitrogen and oxygen atoms in total. The highest BCUT2D eigenvalue weighted by Crippen LogP contribution is 2.36. The third-order valence-electron chi connectivity index (χ3n) is 5.37. The standard InChI is InChI=1S/C21H30N2O4/c1-21(2,3)27-20(25)22-18(14-8-6-5-7-9-14)19(24)26-17-12-15-10-11-16(13-17)23(15)4/h5-9,15-18H,10-13H2,1-4H3,(H,22,25)/t15-,16+,17-,18?. The zero-order valence-electron chi connectivity index (χ0n) is 16.6. The Balaban J connectivity index is 1.69. The van der Waals surface area contributed by atoms with E-state index in [0.717, 1.165) is 25.7 Å². The monoisotopic (exact) mass is 374 g/mol. The second-order valence-corrected chi connectivity index (χ2v) is 8.57. The predicted molar refractivity (Wildman–Crippen MR) is 102 cm³/mol. The molecule has 1 aromatic rings. The van der Waals surface area contributed by atoms with Crippen molar-refractivity contribution in [3.05, 3.63) is 35.9 Å². The average molecular weight is 374 g/mol. The number of nitrogens with zero attached hydrogens (tertiary/aromatic N) is 1. The molecule has 4 atom stereocenters. The van der Waals surface area contributed by atoms with E-state index in [-0.39, 0.29) is 6.10 Å². The van der Waals surface area contributed by atoms with E-state index in [4.69, 9.17) is 9.47 Å². The van der Waals surface area contributed by atoms with Crippen molar-refractivity contribution in [1.82, 2.24) is 10.2 Å². The number of nitrogens with one attached hydrogen (secondary N) is 1. The van der Waals surface area contributed by atoms with E-state index in [1.165, 1.54) is 0 Å². The summed E-state index contributed by atoms with van der Waals surface area (Å²) in [5, 5.41) is 2.68. The van der Waals surface area contributed by atoms with Gasteiger partial charge in [-0.2, -0.15) is 0 Å². The molecule has 3 rings (SSSR count). The molecule has 1 N–H and O–H groups in total. The number of rotatable bonds is 4. The summed E-state index contributed by atoms with van der Waals surface area (Å²) < 4.78 is 11.2. The van der Waals surface area contributed by atoms with Crippen LogP contribution in [-0.4, -0.2) is 47.8 Å². The normalized spacial score (nSPS) is 26.3. The lowest BCUT2D eigenvalue weighted by Crippen LogP contribution is -2.45. The van der Waals surface area contributed by atoms with Crippen LogP contribution in [0.2, 0.25) is 0 Å². The number of fused-ring (bicyclic) bond motifs is 2. The second kappa shape index (κ2) is 7.89. The van der Waals surface area contributed by atoms with E-state index >= 15 is 0 Å². The topological polar surface area (TPSA) is 67.9 Å². The molecule has 1 aromatic carbocycles. The van der Waals surface area contributed by atoms with Crippen LogP contribution in [-0.2, 0) is 14.3 Å². The minimum Gasteiger partial charge on any atom is -0.460 e. The number of piperidine rings is 1. The number of alkyl carbamates (subject to hydrolysis) is 1. The van der Waals surface area contributed by atoms with Crippen LogP contribution in [0, 0.1) is 0 Å². The minimum absolute atomic E-state index is 0.0992. The minimum atomic E-state index is -0.877. The van der Waals surface area contributed by atoms with Gasteiger partial charge in [0.2, 0.25) is 0 Å². The van der Waals surface area contributed by atoms with Crippen molar-refractivity contribution < 1.29 is 19.1 Å². The third-order valence-corrected chi connectivity index (χ3v) is 5.37. The second-order valence-electron chi connectivity index (χ2n) is 8.57. The molecule has 0 spiro atoms. The molecule has 6 heteroatoms. The van der Waals surface area contributed by atoms with Gasteiger partial charge in [0.15, 0.2) is 6.04 Å². The molecule has 0 radical (unpaired) electrons. The van der Waals surface area contributed by atoms with Gasteiger partial charge >= 0.3 is 12.1 Å². The van der Waals surface area contributed by atoms with Gasteiger partial charge in [-0.15, -0.1) is 0 Å². The Hall–Kier alpha value is -2.08. The van der Waals surface area contributed by atoms with E-state index in [1.807, 2.05) is 30.3 Å². The Bertz CT molecular complexity index is 657. The summed E-state index contributed by atoms with van der Waals surface area (Å²) >= 11 is 0. The summed E-state index contributed by atoms with van der Waals surface area (Å²) in [6, 6.07) is 9.24. The predicted octanol–water partition coefficient (Wildman–Crippen LogP) is 3.42. The van der Waals surface area contributed by atoms with E-state index in [1.54, 1.807) is 20.8 Å². The lowest BCUT2D eigenvalue weighted by molar-refractivity contribution is -0.155. The number of benzene rings is 1. The largest absolute Gasteiger partial charge is 0.460 e. The van der Waals surface area contributed by atoms with Crippen molar-refractivity contribution in [2.24, 2.45) is 0 Å². The van der Waals surface area contributed by atoms with Crippen molar-refractivity contribution in [2.45, 2.75) is 76.3 Å². The van der Waals surface area contributed by atoms with Crippen LogP contribution in [0.25, 0.3) is 0 Å². The molecule has 2 aliphatic heterocycles. The highest BCUT2D eigenvalue weighted by molar-refractivity contribution is 5.83. The molecule has 1 unspecified atom stereocenters. The summed E-state index contributed by atoms with van der Waals surface area (Å²) in [5.41, 5.74) is 0.0480. The van der Waals surface area contributed by atoms with Gasteiger partial charge in [-0.1, -0.05) is 30.3 Å². The van der Waals surface area contributed by atoms with E-state index < -0.39 is 23.7 Å². The molecule has 2 bridgehead atoms. The molecule has 0 saturated carbocycles. The summed E-state index contributed by atoms with van der Waals surface area (Å²) in [4.78, 5) is 27.6. The Morgan fingerprint density at radius 1 is 1.11 bits per heavy atom. The SMILES string of the molecule is CN1[C@@H]2CC[C@H]1C[C@H](OC(=O)C(NC(=O)OC(C)(C)C)c1ccccc1)C2. The summed E-state index contributed by atoms with van der Waals surface area (Å²) in [5.74, 6) is -0.430. The lowest BCUT2D eigenvalue weighted by Gasteiger charge is -2.36. The molecule has 2 saturated heterocycles. The zero-order chi connectivity index (χ0) is 19.6. The molecule has 2 heterocycles. The number of esters is 1. The Morgan fingerprint density at radius 3 is 2.26 bits per heavy atom. The Morgan fingerprint density at radius 2 is 1.70 bits per heavy atom. The molecule has 1 amide bonds. The number of hydrogen-bond acceptors (Lipinski definition) is 5. The van der Waals surface area contributed by atoms with Crippen molar-refractivity contribution in [3.63, 3.8) is 0 Å². The highest BCUT2D eigenvalue weighted by atomic mass is 16.6. The van der Waals surface area contributed by atoms with Crippen LogP contribution in [0.3, 0.4) is 0 Å². The van der Waals surface area contributed by atoms with Gasteiger partial charge in [-0.25, -0.2) is 9.59 Å². The van der Waals surface area contributed by atoms with Crippen LogP contribution >= 0.6 is 0 Å². The fourth-order valence-electron chi connectivity index (χ4n) is 4.04. The van der Waals surface area contributed by atoms with Gasteiger partial charge < -0.3 is 19.7 Å². The Kier molecular flexibility index (Phi) is 5.75. The number of ether oxygens (including phenoxy) is 2. The molecule has 148 valence electrons. The maximum atomic E-state index is 12.9. The lowest BCUT2D eigenvalue weighted by atomic mass is 10.00. The summed E-state index contributed by atoms with van der Waals surface area (Å²) in [7, 11) is 2.15. The first-order chi connectivity index (χ1) is 12.7. The fraction of sp³-hybridized carbons (Fsp3) is 0.619. The van der Waals surface area contributed by atoms with Gasteiger partial charge in [-0.05, 0) is 59.1 Å². The molecular formula is C21H30N2O4. The molecular weight excluding hydrogens is 344 g/mol. The van der Waals surface area contributed by atoms with Gasteiger partial charge in [0.1, 0.15) is 11.7 Å². The number of amides is 1. The molecule has 27 heavy (non-hydrogen) atoms. The van der Waals surface area contributed by atoms with Crippen molar-refractivity contribution in [2.75, 3.05) is 7.05 Å².